The van der Waals surface area contributed by atoms with E-state index in [2.05, 4.69) is 10.6 Å². The number of hydrogen-bond donors (Lipinski definition) is 3. The summed E-state index contributed by atoms with van der Waals surface area (Å²) in [5, 5.41) is 14.1. The van der Waals surface area contributed by atoms with Gasteiger partial charge in [-0.1, -0.05) is 13.8 Å². The lowest BCUT2D eigenvalue weighted by Gasteiger charge is -2.16. The quantitative estimate of drug-likeness (QED) is 0.528. The Morgan fingerprint density at radius 1 is 1.21 bits per heavy atom. The summed E-state index contributed by atoms with van der Waals surface area (Å²) in [6.07, 6.45) is 3.22. The second-order valence-electron chi connectivity index (χ2n) is 4.97. The molecule has 0 unspecified atom stereocenters. The van der Waals surface area contributed by atoms with Crippen LogP contribution in [0.2, 0.25) is 0 Å². The fraction of sp³-hybridized carbons (Fsp3) is 0.846. The van der Waals surface area contributed by atoms with Gasteiger partial charge in [0.25, 0.3) is 0 Å². The predicted molar refractivity (Wildman–Crippen MR) is 73.1 cm³/mol. The Morgan fingerprint density at radius 2 is 1.89 bits per heavy atom. The fourth-order valence-corrected chi connectivity index (χ4v) is 1.65. The summed E-state index contributed by atoms with van der Waals surface area (Å²) < 4.78 is 4.92. The van der Waals surface area contributed by atoms with Crippen molar-refractivity contribution in [3.05, 3.63) is 0 Å². The van der Waals surface area contributed by atoms with Crippen LogP contribution in [0.1, 0.15) is 39.5 Å². The van der Waals surface area contributed by atoms with E-state index in [0.717, 1.165) is 25.9 Å². The van der Waals surface area contributed by atoms with Crippen molar-refractivity contribution in [3.8, 4) is 0 Å². The summed E-state index contributed by atoms with van der Waals surface area (Å²) in [5.41, 5.74) is 0. The SMILES string of the molecule is COCCCCCNC(=O)N[C@H](CC(C)C)C(=O)O. The number of carbonyl (C=O) groups excluding carboxylic acids is 1. The zero-order valence-electron chi connectivity index (χ0n) is 12.1. The van der Waals surface area contributed by atoms with Gasteiger partial charge in [0.05, 0.1) is 0 Å². The van der Waals surface area contributed by atoms with E-state index in [1.54, 1.807) is 7.11 Å². The molecule has 0 bridgehead atoms. The minimum Gasteiger partial charge on any atom is -0.480 e. The maximum atomic E-state index is 11.5. The molecule has 0 aliphatic rings. The van der Waals surface area contributed by atoms with Crippen molar-refractivity contribution in [2.75, 3.05) is 20.3 Å². The van der Waals surface area contributed by atoms with Crippen LogP contribution in [0.5, 0.6) is 0 Å². The minimum atomic E-state index is -0.996. The molecule has 0 saturated heterocycles. The van der Waals surface area contributed by atoms with Crippen molar-refractivity contribution in [1.29, 1.82) is 0 Å². The third kappa shape index (κ3) is 10.3. The van der Waals surface area contributed by atoms with Crippen LogP contribution in [0, 0.1) is 5.92 Å². The van der Waals surface area contributed by atoms with Crippen molar-refractivity contribution < 1.29 is 19.4 Å². The lowest BCUT2D eigenvalue weighted by Crippen LogP contribution is -2.46. The molecule has 112 valence electrons. The van der Waals surface area contributed by atoms with E-state index in [1.807, 2.05) is 13.8 Å². The molecule has 0 aliphatic carbocycles. The number of carbonyl (C=O) groups is 2. The zero-order chi connectivity index (χ0) is 14.7. The van der Waals surface area contributed by atoms with E-state index in [0.29, 0.717) is 13.0 Å². The first-order valence-electron chi connectivity index (χ1n) is 6.73. The van der Waals surface area contributed by atoms with Gasteiger partial charge >= 0.3 is 12.0 Å². The van der Waals surface area contributed by atoms with E-state index >= 15 is 0 Å². The topological polar surface area (TPSA) is 87.7 Å². The number of urea groups is 1. The van der Waals surface area contributed by atoms with Crippen molar-refractivity contribution in [1.82, 2.24) is 10.6 Å². The molecular formula is C13H26N2O4. The Kier molecular flexibility index (Phi) is 9.88. The van der Waals surface area contributed by atoms with Crippen LogP contribution in [0.4, 0.5) is 4.79 Å². The minimum absolute atomic E-state index is 0.218. The fourth-order valence-electron chi connectivity index (χ4n) is 1.65. The van der Waals surface area contributed by atoms with Crippen LogP contribution < -0.4 is 10.6 Å². The molecule has 6 nitrogen and oxygen atoms in total. The second kappa shape index (κ2) is 10.6. The maximum absolute atomic E-state index is 11.5. The molecule has 19 heavy (non-hydrogen) atoms. The molecular weight excluding hydrogens is 248 g/mol. The highest BCUT2D eigenvalue weighted by Crippen LogP contribution is 2.04. The highest BCUT2D eigenvalue weighted by Gasteiger charge is 2.20. The normalized spacial score (nSPS) is 12.2. The number of carboxylic acid groups (broad SMARTS) is 1. The molecule has 0 spiro atoms. The average molecular weight is 274 g/mol. The van der Waals surface area contributed by atoms with Gasteiger partial charge in [-0.15, -0.1) is 0 Å². The van der Waals surface area contributed by atoms with Crippen LogP contribution in [0.25, 0.3) is 0 Å². The van der Waals surface area contributed by atoms with Gasteiger partial charge in [0.1, 0.15) is 6.04 Å². The molecule has 0 saturated carbocycles. The molecule has 3 N–H and O–H groups in total. The van der Waals surface area contributed by atoms with Crippen LogP contribution >= 0.6 is 0 Å². The summed E-state index contributed by atoms with van der Waals surface area (Å²) >= 11 is 0. The Bertz CT molecular complexity index is 269. The summed E-state index contributed by atoms with van der Waals surface area (Å²) in [4.78, 5) is 22.5. The van der Waals surface area contributed by atoms with Crippen molar-refractivity contribution in [3.63, 3.8) is 0 Å². The number of carboxylic acids is 1. The number of nitrogens with one attached hydrogen (secondary N) is 2. The van der Waals surface area contributed by atoms with Crippen LogP contribution in [-0.2, 0) is 9.53 Å². The Morgan fingerprint density at radius 3 is 2.42 bits per heavy atom. The number of ether oxygens (including phenoxy) is 1. The van der Waals surface area contributed by atoms with Crippen LogP contribution in [0.3, 0.4) is 0 Å². The Balaban J connectivity index is 3.78. The second-order valence-corrected chi connectivity index (χ2v) is 4.97. The Labute approximate surface area is 114 Å². The number of unbranched alkanes of at least 4 members (excludes halogenated alkanes) is 2. The number of hydrogen-bond acceptors (Lipinski definition) is 3. The van der Waals surface area contributed by atoms with Gasteiger partial charge in [-0.2, -0.15) is 0 Å². The third-order valence-electron chi connectivity index (χ3n) is 2.62. The van der Waals surface area contributed by atoms with E-state index in [4.69, 9.17) is 9.84 Å². The Hall–Kier alpha value is -1.30. The van der Waals surface area contributed by atoms with E-state index in [9.17, 15) is 9.59 Å². The van der Waals surface area contributed by atoms with Crippen LogP contribution in [-0.4, -0.2) is 43.4 Å². The number of amides is 2. The van der Waals surface area contributed by atoms with Crippen molar-refractivity contribution in [2.45, 2.75) is 45.6 Å². The molecule has 1 atom stereocenters. The van der Waals surface area contributed by atoms with Crippen LogP contribution in [0.15, 0.2) is 0 Å². The zero-order valence-corrected chi connectivity index (χ0v) is 12.1. The molecule has 0 aromatic rings. The summed E-state index contributed by atoms with van der Waals surface area (Å²) in [6, 6.07) is -1.24. The first kappa shape index (κ1) is 17.7. The lowest BCUT2D eigenvalue weighted by atomic mass is 10.0. The van der Waals surface area contributed by atoms with Gasteiger partial charge in [0.2, 0.25) is 0 Å². The molecule has 0 radical (unpaired) electrons. The van der Waals surface area contributed by atoms with Gasteiger partial charge in [0, 0.05) is 20.3 Å². The molecule has 0 aromatic carbocycles. The first-order valence-corrected chi connectivity index (χ1v) is 6.73. The highest BCUT2D eigenvalue weighted by atomic mass is 16.5. The molecule has 2 amide bonds. The maximum Gasteiger partial charge on any atom is 0.326 e. The van der Waals surface area contributed by atoms with Gasteiger partial charge in [0.15, 0.2) is 0 Å². The van der Waals surface area contributed by atoms with Gasteiger partial charge in [-0.3, -0.25) is 0 Å². The standard InChI is InChI=1S/C13H26N2O4/c1-10(2)9-11(12(16)17)15-13(18)14-7-5-4-6-8-19-3/h10-11H,4-9H2,1-3H3,(H,16,17)(H2,14,15,18)/t11-/m1/s1. The number of methoxy groups -OCH3 is 1. The van der Waals surface area contributed by atoms with Gasteiger partial charge in [-0.25, -0.2) is 9.59 Å². The molecule has 0 rings (SSSR count). The largest absolute Gasteiger partial charge is 0.480 e. The van der Waals surface area contributed by atoms with E-state index in [1.165, 1.54) is 0 Å². The monoisotopic (exact) mass is 274 g/mol. The molecule has 0 fully saturated rings. The van der Waals surface area contributed by atoms with Gasteiger partial charge in [-0.05, 0) is 31.6 Å². The van der Waals surface area contributed by atoms with E-state index in [-0.39, 0.29) is 5.92 Å². The smallest absolute Gasteiger partial charge is 0.326 e. The predicted octanol–water partition coefficient (Wildman–Crippen LogP) is 1.60. The summed E-state index contributed by atoms with van der Waals surface area (Å²) in [5.74, 6) is -0.778. The molecule has 6 heteroatoms. The summed E-state index contributed by atoms with van der Waals surface area (Å²) in [6.45, 7) is 5.11. The van der Waals surface area contributed by atoms with Gasteiger partial charge < -0.3 is 20.5 Å². The molecule has 0 aromatic heterocycles. The molecule has 0 heterocycles. The van der Waals surface area contributed by atoms with E-state index < -0.39 is 18.0 Å². The van der Waals surface area contributed by atoms with Crippen molar-refractivity contribution >= 4 is 12.0 Å². The first-order chi connectivity index (χ1) is 8.97. The summed E-state index contributed by atoms with van der Waals surface area (Å²) in [7, 11) is 1.66. The third-order valence-corrected chi connectivity index (χ3v) is 2.62. The lowest BCUT2D eigenvalue weighted by molar-refractivity contribution is -0.139. The van der Waals surface area contributed by atoms with Crippen molar-refractivity contribution in [2.24, 2.45) is 5.92 Å². The average Bonchev–Trinajstić information content (AvgIpc) is 2.32. The molecule has 0 aliphatic heterocycles. The number of aliphatic carboxylic acids is 1. The number of rotatable bonds is 10. The highest BCUT2D eigenvalue weighted by molar-refractivity contribution is 5.82.